The van der Waals surface area contributed by atoms with Crippen LogP contribution in [-0.4, -0.2) is 11.8 Å². The molecule has 0 radical (unpaired) electrons. The van der Waals surface area contributed by atoms with E-state index in [1.807, 2.05) is 42.5 Å². The van der Waals surface area contributed by atoms with Crippen LogP contribution in [0.5, 0.6) is 0 Å². The molecular formula is C20H15ClN2O2. The summed E-state index contributed by atoms with van der Waals surface area (Å²) in [6, 6.07) is 23.4. The van der Waals surface area contributed by atoms with E-state index in [1.165, 1.54) is 0 Å². The Bertz CT molecular complexity index is 910. The number of amides is 2. The topological polar surface area (TPSA) is 58.2 Å². The molecule has 25 heavy (non-hydrogen) atoms. The average molecular weight is 351 g/mol. The van der Waals surface area contributed by atoms with Gasteiger partial charge in [-0.1, -0.05) is 72.3 Å². The molecular weight excluding hydrogens is 336 g/mol. The molecule has 124 valence electrons. The number of hydrogen-bond acceptors (Lipinski definition) is 2. The fourth-order valence-electron chi connectivity index (χ4n) is 2.44. The second kappa shape index (κ2) is 7.64. The van der Waals surface area contributed by atoms with Gasteiger partial charge in [0.15, 0.2) is 0 Å². The van der Waals surface area contributed by atoms with Crippen molar-refractivity contribution in [1.29, 1.82) is 0 Å². The number of hydrogen-bond donors (Lipinski definition) is 2. The van der Waals surface area contributed by atoms with Crippen molar-refractivity contribution in [3.05, 3.63) is 95.0 Å². The predicted octanol–water partition coefficient (Wildman–Crippen LogP) is 4.08. The Hall–Kier alpha value is -3.11. The number of rotatable bonds is 3. The van der Waals surface area contributed by atoms with E-state index in [2.05, 4.69) is 10.9 Å². The van der Waals surface area contributed by atoms with Crippen LogP contribution in [0.4, 0.5) is 0 Å². The summed E-state index contributed by atoms with van der Waals surface area (Å²) in [6.07, 6.45) is 0. The highest BCUT2D eigenvalue weighted by molar-refractivity contribution is 6.33. The van der Waals surface area contributed by atoms with Crippen molar-refractivity contribution in [3.8, 4) is 11.1 Å². The van der Waals surface area contributed by atoms with Crippen molar-refractivity contribution in [2.75, 3.05) is 0 Å². The van der Waals surface area contributed by atoms with Crippen LogP contribution in [0.1, 0.15) is 20.7 Å². The summed E-state index contributed by atoms with van der Waals surface area (Å²) in [5.74, 6) is -0.879. The van der Waals surface area contributed by atoms with Crippen molar-refractivity contribution < 1.29 is 9.59 Å². The van der Waals surface area contributed by atoms with Crippen LogP contribution in [0.2, 0.25) is 5.02 Å². The maximum absolute atomic E-state index is 12.5. The zero-order valence-electron chi connectivity index (χ0n) is 13.2. The van der Waals surface area contributed by atoms with Gasteiger partial charge in [0, 0.05) is 5.56 Å². The molecule has 2 N–H and O–H groups in total. The molecule has 3 aromatic carbocycles. The second-order valence-electron chi connectivity index (χ2n) is 5.30. The van der Waals surface area contributed by atoms with Crippen LogP contribution in [0.15, 0.2) is 78.9 Å². The Balaban J connectivity index is 1.77. The number of hydrazine groups is 1. The predicted molar refractivity (Wildman–Crippen MR) is 98.3 cm³/mol. The van der Waals surface area contributed by atoms with Crippen molar-refractivity contribution in [3.63, 3.8) is 0 Å². The first-order valence-corrected chi connectivity index (χ1v) is 8.04. The smallest absolute Gasteiger partial charge is 0.267 e. The molecule has 0 aliphatic carbocycles. The van der Waals surface area contributed by atoms with Crippen molar-refractivity contribution >= 4 is 23.4 Å². The third kappa shape index (κ3) is 3.87. The third-order valence-corrected chi connectivity index (χ3v) is 3.99. The molecule has 0 bridgehead atoms. The molecule has 3 aromatic rings. The van der Waals surface area contributed by atoms with Gasteiger partial charge < -0.3 is 0 Å². The highest BCUT2D eigenvalue weighted by Crippen LogP contribution is 2.23. The van der Waals surface area contributed by atoms with Gasteiger partial charge in [0.2, 0.25) is 0 Å². The van der Waals surface area contributed by atoms with E-state index in [0.717, 1.165) is 11.1 Å². The summed E-state index contributed by atoms with van der Waals surface area (Å²) in [4.78, 5) is 24.6. The number of halogens is 1. The van der Waals surface area contributed by atoms with Crippen LogP contribution < -0.4 is 10.9 Å². The summed E-state index contributed by atoms with van der Waals surface area (Å²) in [5, 5.41) is 0.318. The molecule has 5 heteroatoms. The molecule has 0 aliphatic rings. The molecule has 0 aromatic heterocycles. The largest absolute Gasteiger partial charge is 0.271 e. The van der Waals surface area contributed by atoms with Gasteiger partial charge in [-0.3, -0.25) is 20.4 Å². The molecule has 0 saturated heterocycles. The van der Waals surface area contributed by atoms with E-state index in [9.17, 15) is 9.59 Å². The highest BCUT2D eigenvalue weighted by Gasteiger charge is 2.14. The van der Waals surface area contributed by atoms with Crippen LogP contribution in [-0.2, 0) is 0 Å². The molecule has 0 heterocycles. The number of nitrogens with one attached hydrogen (secondary N) is 2. The van der Waals surface area contributed by atoms with Crippen LogP contribution in [0.25, 0.3) is 11.1 Å². The Kier molecular flexibility index (Phi) is 5.11. The molecule has 0 saturated carbocycles. The lowest BCUT2D eigenvalue weighted by Gasteiger charge is -2.11. The highest BCUT2D eigenvalue weighted by atomic mass is 35.5. The zero-order valence-corrected chi connectivity index (χ0v) is 14.0. The maximum atomic E-state index is 12.5. The van der Waals surface area contributed by atoms with Gasteiger partial charge in [-0.05, 0) is 29.3 Å². The average Bonchev–Trinajstić information content (AvgIpc) is 2.67. The van der Waals surface area contributed by atoms with Crippen molar-refractivity contribution in [2.24, 2.45) is 0 Å². The van der Waals surface area contributed by atoms with Gasteiger partial charge in [-0.2, -0.15) is 0 Å². The molecule has 0 aliphatic heterocycles. The fourth-order valence-corrected chi connectivity index (χ4v) is 2.67. The third-order valence-electron chi connectivity index (χ3n) is 3.66. The Morgan fingerprint density at radius 2 is 1.16 bits per heavy atom. The Labute approximate surface area is 150 Å². The summed E-state index contributed by atoms with van der Waals surface area (Å²) < 4.78 is 0. The number of carbonyl (C=O) groups is 2. The van der Waals surface area contributed by atoms with Gasteiger partial charge >= 0.3 is 0 Å². The minimum absolute atomic E-state index is 0.292. The van der Waals surface area contributed by atoms with Crippen LogP contribution >= 0.6 is 11.6 Å². The second-order valence-corrected chi connectivity index (χ2v) is 5.71. The monoisotopic (exact) mass is 350 g/mol. The minimum atomic E-state index is -0.476. The lowest BCUT2D eigenvalue weighted by molar-refractivity contribution is 0.0847. The van der Waals surface area contributed by atoms with E-state index in [1.54, 1.807) is 36.4 Å². The van der Waals surface area contributed by atoms with Crippen LogP contribution in [0.3, 0.4) is 0 Å². The molecule has 0 fully saturated rings. The molecule has 0 atom stereocenters. The first-order valence-electron chi connectivity index (χ1n) is 7.66. The van der Waals surface area contributed by atoms with Crippen LogP contribution in [0, 0.1) is 0 Å². The van der Waals surface area contributed by atoms with Gasteiger partial charge in [0.1, 0.15) is 0 Å². The number of carbonyl (C=O) groups excluding carboxylic acids is 2. The SMILES string of the molecule is O=C(NNC(=O)c1ccccc1-c1ccccc1)c1ccccc1Cl. The Morgan fingerprint density at radius 3 is 1.84 bits per heavy atom. The lowest BCUT2D eigenvalue weighted by atomic mass is 9.99. The van der Waals surface area contributed by atoms with E-state index in [-0.39, 0.29) is 0 Å². The van der Waals surface area contributed by atoms with E-state index >= 15 is 0 Å². The standard InChI is InChI=1S/C20H15ClN2O2/c21-18-13-7-6-12-17(18)20(25)23-22-19(24)16-11-5-4-10-15(16)14-8-2-1-3-9-14/h1-13H,(H,22,24)(H,23,25). The fraction of sp³-hybridized carbons (Fsp3) is 0. The van der Waals surface area contributed by atoms with Gasteiger partial charge in [0.05, 0.1) is 10.6 Å². The van der Waals surface area contributed by atoms with E-state index < -0.39 is 11.8 Å². The zero-order chi connectivity index (χ0) is 17.6. The quantitative estimate of drug-likeness (QED) is 0.699. The minimum Gasteiger partial charge on any atom is -0.267 e. The summed E-state index contributed by atoms with van der Waals surface area (Å²) >= 11 is 5.98. The molecule has 2 amide bonds. The first kappa shape index (κ1) is 16.7. The normalized spacial score (nSPS) is 10.1. The van der Waals surface area contributed by atoms with E-state index in [0.29, 0.717) is 16.1 Å². The van der Waals surface area contributed by atoms with E-state index in [4.69, 9.17) is 11.6 Å². The molecule has 0 unspecified atom stereocenters. The van der Waals surface area contributed by atoms with Gasteiger partial charge in [-0.15, -0.1) is 0 Å². The van der Waals surface area contributed by atoms with Crippen molar-refractivity contribution in [2.45, 2.75) is 0 Å². The molecule has 0 spiro atoms. The summed E-state index contributed by atoms with van der Waals surface area (Å²) in [6.45, 7) is 0. The van der Waals surface area contributed by atoms with Gasteiger partial charge in [-0.25, -0.2) is 0 Å². The van der Waals surface area contributed by atoms with Crippen molar-refractivity contribution in [1.82, 2.24) is 10.9 Å². The maximum Gasteiger partial charge on any atom is 0.271 e. The molecule has 3 rings (SSSR count). The Morgan fingerprint density at radius 1 is 0.640 bits per heavy atom. The number of benzene rings is 3. The molecule has 4 nitrogen and oxygen atoms in total. The first-order chi connectivity index (χ1) is 12.2. The van der Waals surface area contributed by atoms with Gasteiger partial charge in [0.25, 0.3) is 11.8 Å². The summed E-state index contributed by atoms with van der Waals surface area (Å²) in [5.41, 5.74) is 7.30. The lowest BCUT2D eigenvalue weighted by Crippen LogP contribution is -2.41. The summed E-state index contributed by atoms with van der Waals surface area (Å²) in [7, 11) is 0.